The minimum Gasteiger partial charge on any atom is -0.491 e. The van der Waals surface area contributed by atoms with Crippen LogP contribution in [0, 0.1) is 17.0 Å². The van der Waals surface area contributed by atoms with Gasteiger partial charge in [0.25, 0.3) is 11.6 Å². The highest BCUT2D eigenvalue weighted by atomic mass is 16.6. The minimum atomic E-state index is -0.799. The molecule has 0 aromatic heterocycles. The van der Waals surface area contributed by atoms with Gasteiger partial charge in [-0.05, 0) is 31.0 Å². The number of benzene rings is 2. The number of nitro benzene ring substituents is 1. The predicted molar refractivity (Wildman–Crippen MR) is 105 cm³/mol. The fourth-order valence-corrected chi connectivity index (χ4v) is 3.04. The second-order valence-corrected chi connectivity index (χ2v) is 6.54. The van der Waals surface area contributed by atoms with Gasteiger partial charge in [0.15, 0.2) is 0 Å². The van der Waals surface area contributed by atoms with Crippen LogP contribution in [0.1, 0.15) is 25.3 Å². The summed E-state index contributed by atoms with van der Waals surface area (Å²) in [5, 5.41) is 14.0. The van der Waals surface area contributed by atoms with Crippen molar-refractivity contribution in [2.24, 2.45) is 0 Å². The van der Waals surface area contributed by atoms with Gasteiger partial charge >= 0.3 is 0 Å². The molecule has 1 fully saturated rings. The van der Waals surface area contributed by atoms with Crippen LogP contribution in [0.15, 0.2) is 42.5 Å². The summed E-state index contributed by atoms with van der Waals surface area (Å²) in [7, 11) is 0. The number of imide groups is 1. The van der Waals surface area contributed by atoms with Crippen LogP contribution < -0.4 is 15.0 Å². The monoisotopic (exact) mass is 383 g/mol. The summed E-state index contributed by atoms with van der Waals surface area (Å²) in [6.07, 6.45) is 0.759. The van der Waals surface area contributed by atoms with Gasteiger partial charge in [-0.3, -0.25) is 19.7 Å². The van der Waals surface area contributed by atoms with Crippen molar-refractivity contribution in [1.29, 1.82) is 0 Å². The molecule has 1 atom stereocenters. The van der Waals surface area contributed by atoms with Gasteiger partial charge in [-0.1, -0.05) is 25.1 Å². The maximum Gasteiger partial charge on any atom is 0.271 e. The van der Waals surface area contributed by atoms with Crippen LogP contribution in [0.4, 0.5) is 17.1 Å². The van der Waals surface area contributed by atoms with E-state index in [1.165, 1.54) is 12.1 Å². The molecule has 1 aliphatic heterocycles. The molecule has 28 heavy (non-hydrogen) atoms. The molecule has 2 aromatic carbocycles. The molecule has 0 unspecified atom stereocenters. The summed E-state index contributed by atoms with van der Waals surface area (Å²) in [5.41, 5.74) is 1.53. The van der Waals surface area contributed by atoms with Gasteiger partial charge in [0, 0.05) is 17.8 Å². The zero-order valence-electron chi connectivity index (χ0n) is 15.7. The molecule has 1 saturated heterocycles. The number of non-ortho nitro benzene ring substituents is 1. The minimum absolute atomic E-state index is 0.0386. The zero-order valence-corrected chi connectivity index (χ0v) is 15.7. The number of ether oxygens (including phenoxy) is 1. The first kappa shape index (κ1) is 19.3. The molecule has 0 radical (unpaired) electrons. The number of anilines is 2. The van der Waals surface area contributed by atoms with Crippen molar-refractivity contribution in [3.05, 3.63) is 58.1 Å². The van der Waals surface area contributed by atoms with Crippen molar-refractivity contribution in [3.8, 4) is 5.75 Å². The summed E-state index contributed by atoms with van der Waals surface area (Å²) in [4.78, 5) is 37.1. The normalized spacial score (nSPS) is 16.4. The average Bonchev–Trinajstić information content (AvgIpc) is 2.95. The van der Waals surface area contributed by atoms with Crippen LogP contribution >= 0.6 is 0 Å². The molecule has 146 valence electrons. The first-order valence-electron chi connectivity index (χ1n) is 9.02. The summed E-state index contributed by atoms with van der Waals surface area (Å²) in [6.45, 7) is 4.22. The summed E-state index contributed by atoms with van der Waals surface area (Å²) in [6, 6.07) is 10.5. The van der Waals surface area contributed by atoms with E-state index in [1.54, 1.807) is 37.3 Å². The fourth-order valence-electron chi connectivity index (χ4n) is 3.04. The molecule has 0 aliphatic carbocycles. The molecule has 8 heteroatoms. The lowest BCUT2D eigenvalue weighted by atomic mass is 10.1. The maximum atomic E-state index is 12.9. The summed E-state index contributed by atoms with van der Waals surface area (Å²) < 4.78 is 5.67. The number of carbonyl (C=O) groups is 2. The van der Waals surface area contributed by atoms with Crippen LogP contribution in [0.3, 0.4) is 0 Å². The van der Waals surface area contributed by atoms with Gasteiger partial charge < -0.3 is 10.1 Å². The Balaban J connectivity index is 1.85. The largest absolute Gasteiger partial charge is 0.491 e. The quantitative estimate of drug-likeness (QED) is 0.446. The molecule has 1 N–H and O–H groups in total. The van der Waals surface area contributed by atoms with Crippen molar-refractivity contribution >= 4 is 28.9 Å². The van der Waals surface area contributed by atoms with E-state index in [0.29, 0.717) is 23.7 Å². The standard InChI is InChI=1S/C20H21N3O5/c1-3-10-28-18-7-5-4-6-17(18)22-19(24)12-16(20(22)25)21-15-11-14(23(26)27)9-8-13(15)2/h4-9,11,16,21H,3,10,12H2,1-2H3/t16-/m0/s1. The maximum absolute atomic E-state index is 12.9. The van der Waals surface area contributed by atoms with Gasteiger partial charge in [-0.25, -0.2) is 4.90 Å². The second kappa shape index (κ2) is 8.08. The molecular formula is C20H21N3O5. The van der Waals surface area contributed by atoms with Crippen LogP contribution in [-0.4, -0.2) is 29.4 Å². The number of amides is 2. The third-order valence-corrected chi connectivity index (χ3v) is 4.48. The molecule has 2 amide bonds. The van der Waals surface area contributed by atoms with Gasteiger partial charge in [-0.15, -0.1) is 0 Å². The first-order valence-corrected chi connectivity index (χ1v) is 9.02. The molecule has 1 aliphatic rings. The van der Waals surface area contributed by atoms with Crippen molar-refractivity contribution in [3.63, 3.8) is 0 Å². The summed E-state index contributed by atoms with van der Waals surface area (Å²) in [5.74, 6) is -0.292. The Bertz CT molecular complexity index is 928. The van der Waals surface area contributed by atoms with E-state index in [0.717, 1.165) is 16.9 Å². The van der Waals surface area contributed by atoms with Gasteiger partial charge in [0.05, 0.1) is 23.6 Å². The van der Waals surface area contributed by atoms with E-state index >= 15 is 0 Å². The molecule has 0 bridgehead atoms. The zero-order chi connectivity index (χ0) is 20.3. The van der Waals surface area contributed by atoms with E-state index < -0.39 is 16.9 Å². The lowest BCUT2D eigenvalue weighted by Crippen LogP contribution is -2.35. The average molecular weight is 383 g/mol. The number of para-hydroxylation sites is 2. The predicted octanol–water partition coefficient (Wildman–Crippen LogP) is 3.44. The number of aryl methyl sites for hydroxylation is 1. The van der Waals surface area contributed by atoms with Crippen molar-refractivity contribution in [2.45, 2.75) is 32.7 Å². The Morgan fingerprint density at radius 3 is 2.71 bits per heavy atom. The van der Waals surface area contributed by atoms with Crippen LogP contribution in [0.5, 0.6) is 5.75 Å². The molecule has 8 nitrogen and oxygen atoms in total. The SMILES string of the molecule is CCCOc1ccccc1N1C(=O)C[C@H](Nc2cc([N+](=O)[O-])ccc2C)C1=O. The van der Waals surface area contributed by atoms with Gasteiger partial charge in [0.1, 0.15) is 11.8 Å². The Hall–Kier alpha value is -3.42. The van der Waals surface area contributed by atoms with Crippen molar-refractivity contribution in [1.82, 2.24) is 0 Å². The number of hydrogen-bond acceptors (Lipinski definition) is 6. The van der Waals surface area contributed by atoms with E-state index in [-0.39, 0.29) is 18.0 Å². The molecule has 0 spiro atoms. The Morgan fingerprint density at radius 2 is 2.00 bits per heavy atom. The number of carbonyl (C=O) groups excluding carboxylic acids is 2. The fraction of sp³-hybridized carbons (Fsp3) is 0.300. The highest BCUT2D eigenvalue weighted by Crippen LogP contribution is 2.33. The van der Waals surface area contributed by atoms with E-state index in [1.807, 2.05) is 6.92 Å². The molecular weight excluding hydrogens is 362 g/mol. The van der Waals surface area contributed by atoms with Crippen LogP contribution in [0.2, 0.25) is 0 Å². The Labute approximate surface area is 162 Å². The number of nitrogens with zero attached hydrogens (tertiary/aromatic N) is 2. The number of rotatable bonds is 7. The van der Waals surface area contributed by atoms with Gasteiger partial charge in [-0.2, -0.15) is 0 Å². The lowest BCUT2D eigenvalue weighted by Gasteiger charge is -2.19. The highest BCUT2D eigenvalue weighted by Gasteiger charge is 2.41. The van der Waals surface area contributed by atoms with Crippen molar-refractivity contribution < 1.29 is 19.2 Å². The van der Waals surface area contributed by atoms with Crippen LogP contribution in [-0.2, 0) is 9.59 Å². The Morgan fingerprint density at radius 1 is 1.25 bits per heavy atom. The Kier molecular flexibility index (Phi) is 5.58. The highest BCUT2D eigenvalue weighted by molar-refractivity contribution is 6.23. The van der Waals surface area contributed by atoms with Crippen LogP contribution in [0.25, 0.3) is 0 Å². The third-order valence-electron chi connectivity index (χ3n) is 4.48. The van der Waals surface area contributed by atoms with E-state index in [9.17, 15) is 19.7 Å². The molecule has 1 heterocycles. The number of nitro groups is 1. The lowest BCUT2D eigenvalue weighted by molar-refractivity contribution is -0.384. The number of hydrogen-bond donors (Lipinski definition) is 1. The second-order valence-electron chi connectivity index (χ2n) is 6.54. The number of nitrogens with one attached hydrogen (secondary N) is 1. The molecule has 3 rings (SSSR count). The smallest absolute Gasteiger partial charge is 0.271 e. The topological polar surface area (TPSA) is 102 Å². The van der Waals surface area contributed by atoms with E-state index in [4.69, 9.17) is 4.74 Å². The van der Waals surface area contributed by atoms with Crippen molar-refractivity contribution in [2.75, 3.05) is 16.8 Å². The molecule has 0 saturated carbocycles. The summed E-state index contributed by atoms with van der Waals surface area (Å²) >= 11 is 0. The molecule has 2 aromatic rings. The van der Waals surface area contributed by atoms with E-state index in [2.05, 4.69) is 5.32 Å². The van der Waals surface area contributed by atoms with Gasteiger partial charge in [0.2, 0.25) is 5.91 Å². The first-order chi connectivity index (χ1) is 13.4. The third kappa shape index (κ3) is 3.80.